The molecule has 0 saturated heterocycles. The van der Waals surface area contributed by atoms with Crippen LogP contribution in [0.4, 0.5) is 0 Å². The summed E-state index contributed by atoms with van der Waals surface area (Å²) in [6.45, 7) is 1.48. The Balaban J connectivity index is 3.16. The first-order chi connectivity index (χ1) is 9.72. The molecule has 118 valence electrons. The Hall–Kier alpha value is -1.00. The summed E-state index contributed by atoms with van der Waals surface area (Å²) in [5.74, 6) is -1.21. The maximum absolute atomic E-state index is 12.3. The molecule has 2 N–H and O–H groups in total. The fraction of sp³-hybridized carbons (Fsp3) is 0.417. The molecule has 0 amide bonds. The molecule has 0 unspecified atom stereocenters. The van der Waals surface area contributed by atoms with Crippen molar-refractivity contribution in [2.45, 2.75) is 18.1 Å². The van der Waals surface area contributed by atoms with Crippen LogP contribution in [-0.2, 0) is 19.5 Å². The van der Waals surface area contributed by atoms with Gasteiger partial charge in [-0.1, -0.05) is 15.9 Å². The van der Waals surface area contributed by atoms with Crippen molar-refractivity contribution < 1.29 is 27.8 Å². The van der Waals surface area contributed by atoms with E-state index in [2.05, 4.69) is 20.7 Å². The summed E-state index contributed by atoms with van der Waals surface area (Å²) in [7, 11) is -1.12. The van der Waals surface area contributed by atoms with Gasteiger partial charge in [-0.05, 0) is 24.6 Å². The highest BCUT2D eigenvalue weighted by Gasteiger charge is 2.22. The van der Waals surface area contributed by atoms with Crippen molar-refractivity contribution in [3.63, 3.8) is 0 Å². The van der Waals surface area contributed by atoms with E-state index in [1.807, 2.05) is 0 Å². The molecule has 0 heterocycles. The standard InChI is InChI=1S/C12H16BrNO6S/c1-7-9(13)4-8(12(15)16)5-10(7)21(17,18)14-6-11(19-2)20-3/h4-5,11,14H,6H2,1-3H3,(H,15,16). The quantitative estimate of drug-likeness (QED) is 0.691. The van der Waals surface area contributed by atoms with Gasteiger partial charge in [-0.2, -0.15) is 0 Å². The normalized spacial score (nSPS) is 11.9. The van der Waals surface area contributed by atoms with Gasteiger partial charge in [-0.25, -0.2) is 17.9 Å². The first-order valence-corrected chi connectivity index (χ1v) is 8.09. The second kappa shape index (κ2) is 7.32. The van der Waals surface area contributed by atoms with Crippen LogP contribution >= 0.6 is 15.9 Å². The van der Waals surface area contributed by atoms with Gasteiger partial charge in [0.2, 0.25) is 10.0 Å². The molecule has 9 heteroatoms. The fourth-order valence-electron chi connectivity index (χ4n) is 1.57. The third kappa shape index (κ3) is 4.48. The van der Waals surface area contributed by atoms with Crippen LogP contribution in [0.2, 0.25) is 0 Å². The predicted octanol–water partition coefficient (Wildman–Crippen LogP) is 1.35. The number of aromatic carboxylic acids is 1. The Morgan fingerprint density at radius 2 is 1.95 bits per heavy atom. The van der Waals surface area contributed by atoms with Gasteiger partial charge in [0.1, 0.15) is 0 Å². The number of nitrogens with one attached hydrogen (secondary N) is 1. The average Bonchev–Trinajstić information content (AvgIpc) is 2.42. The summed E-state index contributed by atoms with van der Waals surface area (Å²) in [4.78, 5) is 10.9. The van der Waals surface area contributed by atoms with E-state index >= 15 is 0 Å². The molecule has 0 radical (unpaired) electrons. The molecule has 0 aliphatic carbocycles. The number of hydrogen-bond donors (Lipinski definition) is 2. The van der Waals surface area contributed by atoms with Crippen LogP contribution in [0, 0.1) is 6.92 Å². The topological polar surface area (TPSA) is 102 Å². The lowest BCUT2D eigenvalue weighted by molar-refractivity contribution is -0.0960. The number of methoxy groups -OCH3 is 2. The predicted molar refractivity (Wildman–Crippen MR) is 78.8 cm³/mol. The van der Waals surface area contributed by atoms with Crippen molar-refractivity contribution in [3.05, 3.63) is 27.7 Å². The molecule has 0 aliphatic heterocycles. The number of carboxylic acids is 1. The van der Waals surface area contributed by atoms with Gasteiger partial charge in [-0.15, -0.1) is 0 Å². The average molecular weight is 382 g/mol. The minimum Gasteiger partial charge on any atom is -0.478 e. The minimum atomic E-state index is -3.89. The minimum absolute atomic E-state index is 0.0936. The van der Waals surface area contributed by atoms with Crippen molar-refractivity contribution in [2.75, 3.05) is 20.8 Å². The molecule has 0 spiro atoms. The van der Waals surface area contributed by atoms with Crippen LogP contribution in [0.5, 0.6) is 0 Å². The van der Waals surface area contributed by atoms with E-state index in [4.69, 9.17) is 14.6 Å². The summed E-state index contributed by atoms with van der Waals surface area (Å²) in [6.07, 6.45) is -0.730. The zero-order valence-corrected chi connectivity index (χ0v) is 14.1. The molecule has 21 heavy (non-hydrogen) atoms. The molecule has 0 aromatic heterocycles. The number of ether oxygens (including phenoxy) is 2. The Morgan fingerprint density at radius 1 is 1.38 bits per heavy atom. The number of rotatable bonds is 7. The smallest absolute Gasteiger partial charge is 0.335 e. The van der Waals surface area contributed by atoms with Crippen molar-refractivity contribution in [1.29, 1.82) is 0 Å². The third-order valence-corrected chi connectivity index (χ3v) is 5.17. The molecule has 1 aromatic carbocycles. The third-order valence-electron chi connectivity index (χ3n) is 2.80. The van der Waals surface area contributed by atoms with Crippen LogP contribution in [0.25, 0.3) is 0 Å². The first kappa shape index (κ1) is 18.1. The molecular weight excluding hydrogens is 366 g/mol. The maximum Gasteiger partial charge on any atom is 0.335 e. The lowest BCUT2D eigenvalue weighted by Crippen LogP contribution is -2.34. The molecule has 0 saturated carbocycles. The molecule has 0 fully saturated rings. The van der Waals surface area contributed by atoms with E-state index in [1.165, 1.54) is 20.3 Å². The van der Waals surface area contributed by atoms with E-state index in [0.29, 0.717) is 10.0 Å². The van der Waals surface area contributed by atoms with Crippen LogP contribution in [0.15, 0.2) is 21.5 Å². The van der Waals surface area contributed by atoms with Crippen LogP contribution in [0.1, 0.15) is 15.9 Å². The molecule has 0 bridgehead atoms. The van der Waals surface area contributed by atoms with Gasteiger partial charge in [-0.3, -0.25) is 0 Å². The highest BCUT2D eigenvalue weighted by atomic mass is 79.9. The van der Waals surface area contributed by atoms with E-state index in [9.17, 15) is 13.2 Å². The van der Waals surface area contributed by atoms with Crippen molar-refractivity contribution in [2.24, 2.45) is 0 Å². The maximum atomic E-state index is 12.3. The van der Waals surface area contributed by atoms with Crippen LogP contribution in [-0.4, -0.2) is 46.5 Å². The van der Waals surface area contributed by atoms with E-state index in [0.717, 1.165) is 6.07 Å². The van der Waals surface area contributed by atoms with Gasteiger partial charge in [0.15, 0.2) is 6.29 Å². The van der Waals surface area contributed by atoms with Crippen LogP contribution < -0.4 is 4.72 Å². The molecule has 7 nitrogen and oxygen atoms in total. The van der Waals surface area contributed by atoms with Gasteiger partial charge in [0, 0.05) is 18.7 Å². The zero-order valence-electron chi connectivity index (χ0n) is 11.7. The number of benzene rings is 1. The van der Waals surface area contributed by atoms with Gasteiger partial charge < -0.3 is 14.6 Å². The fourth-order valence-corrected chi connectivity index (χ4v) is 3.47. The number of carboxylic acid groups (broad SMARTS) is 1. The summed E-state index contributed by atoms with van der Waals surface area (Å²) in [5.41, 5.74) is 0.293. The summed E-state index contributed by atoms with van der Waals surface area (Å²) >= 11 is 3.16. The highest BCUT2D eigenvalue weighted by molar-refractivity contribution is 9.10. The lowest BCUT2D eigenvalue weighted by atomic mass is 10.1. The van der Waals surface area contributed by atoms with Crippen molar-refractivity contribution in [3.8, 4) is 0 Å². The molecular formula is C12H16BrNO6S. The van der Waals surface area contributed by atoms with E-state index < -0.39 is 22.3 Å². The number of hydrogen-bond acceptors (Lipinski definition) is 5. The summed E-state index contributed by atoms with van der Waals surface area (Å²) < 4.78 is 37.1. The lowest BCUT2D eigenvalue weighted by Gasteiger charge is -2.16. The van der Waals surface area contributed by atoms with Gasteiger partial charge in [0.05, 0.1) is 17.0 Å². The molecule has 1 aromatic rings. The zero-order chi connectivity index (χ0) is 16.2. The first-order valence-electron chi connectivity index (χ1n) is 5.81. The molecule has 1 rings (SSSR count). The Morgan fingerprint density at radius 3 is 2.43 bits per heavy atom. The van der Waals surface area contributed by atoms with Crippen LogP contribution in [0.3, 0.4) is 0 Å². The number of sulfonamides is 1. The van der Waals surface area contributed by atoms with Crippen molar-refractivity contribution >= 4 is 31.9 Å². The monoisotopic (exact) mass is 381 g/mol. The Kier molecular flexibility index (Phi) is 6.29. The highest BCUT2D eigenvalue weighted by Crippen LogP contribution is 2.25. The summed E-state index contributed by atoms with van der Waals surface area (Å²) in [5, 5.41) is 9.01. The Bertz CT molecular complexity index is 627. The molecule has 0 atom stereocenters. The number of carbonyl (C=O) groups is 1. The number of halogens is 1. The van der Waals surface area contributed by atoms with Crippen molar-refractivity contribution in [1.82, 2.24) is 4.72 Å². The second-order valence-electron chi connectivity index (χ2n) is 4.14. The Labute approximate surface area is 131 Å². The van der Waals surface area contributed by atoms with Gasteiger partial charge >= 0.3 is 5.97 Å². The SMILES string of the molecule is COC(CNS(=O)(=O)c1cc(C(=O)O)cc(Br)c1C)OC. The largest absolute Gasteiger partial charge is 0.478 e. The van der Waals surface area contributed by atoms with E-state index in [1.54, 1.807) is 6.92 Å². The van der Waals surface area contributed by atoms with Gasteiger partial charge in [0.25, 0.3) is 0 Å². The van der Waals surface area contributed by atoms with E-state index in [-0.39, 0.29) is 17.0 Å². The second-order valence-corrected chi connectivity index (χ2v) is 6.73. The molecule has 0 aliphatic rings. The summed E-state index contributed by atoms with van der Waals surface area (Å²) in [6, 6.07) is 2.46.